The summed E-state index contributed by atoms with van der Waals surface area (Å²) in [6, 6.07) is 9.97. The van der Waals surface area contributed by atoms with Gasteiger partial charge in [0.2, 0.25) is 0 Å². The standard InChI is InChI=1S/C32H40N2S4Si4/c1-39(2,3)21-13-17-25-26(18-14-22(40(4,5)6)36-30(18)29(17)35-21)34-28-20-16-24(42(10,11)12)38-32(20)31-19(27(28)33-25)15-23(37-31)41(7,8)9/h13-16H,1-12H3. The lowest BCUT2D eigenvalue weighted by Gasteiger charge is -2.12. The van der Waals surface area contributed by atoms with E-state index in [0.717, 1.165) is 22.1 Å². The third kappa shape index (κ3) is 4.50. The van der Waals surface area contributed by atoms with Gasteiger partial charge in [0.25, 0.3) is 0 Å². The van der Waals surface area contributed by atoms with Gasteiger partial charge in [-0.1, -0.05) is 78.6 Å². The number of hydrogen-bond acceptors (Lipinski definition) is 6. The van der Waals surface area contributed by atoms with E-state index >= 15 is 0 Å². The molecule has 10 heteroatoms. The van der Waals surface area contributed by atoms with E-state index < -0.39 is 32.3 Å². The second-order valence-corrected chi connectivity index (χ2v) is 41.8. The van der Waals surface area contributed by atoms with Gasteiger partial charge in [-0.25, -0.2) is 9.97 Å². The van der Waals surface area contributed by atoms with Crippen LogP contribution < -0.4 is 18.0 Å². The molecule has 0 amide bonds. The van der Waals surface area contributed by atoms with Crippen LogP contribution in [0.25, 0.3) is 62.4 Å². The number of fused-ring (bicyclic) bond motifs is 12. The highest BCUT2D eigenvalue weighted by Gasteiger charge is 2.29. The van der Waals surface area contributed by atoms with Gasteiger partial charge in [-0.15, -0.1) is 45.3 Å². The SMILES string of the molecule is C[Si](C)(C)c1cc2c3nc4c5cc([Si](C)(C)C)sc5c5sc([Si](C)(C)C)cc5c4nc3c3cc([Si](C)(C)C)sc3c2s1. The number of thiophene rings is 4. The summed E-state index contributed by atoms with van der Waals surface area (Å²) in [7, 11) is -5.97. The second-order valence-electron chi connectivity index (χ2n) is 16.0. The van der Waals surface area contributed by atoms with Gasteiger partial charge in [-0.2, -0.15) is 0 Å². The molecule has 0 radical (unpaired) electrons. The molecule has 0 aliphatic rings. The molecule has 42 heavy (non-hydrogen) atoms. The largest absolute Gasteiger partial charge is 0.243 e. The van der Waals surface area contributed by atoms with Crippen molar-refractivity contribution in [2.75, 3.05) is 0 Å². The molecule has 0 bridgehead atoms. The van der Waals surface area contributed by atoms with Crippen LogP contribution in [0.15, 0.2) is 24.3 Å². The Bertz CT molecular complexity index is 1930. The highest BCUT2D eigenvalue weighted by atomic mass is 32.1. The quantitative estimate of drug-likeness (QED) is 0.136. The fourth-order valence-electron chi connectivity index (χ4n) is 5.61. The zero-order chi connectivity index (χ0) is 30.3. The smallest absolute Gasteiger partial charge is 0.0988 e. The molecule has 2 nitrogen and oxygen atoms in total. The van der Waals surface area contributed by atoms with E-state index in [2.05, 4.69) is 103 Å². The Hall–Kier alpha value is -1.25. The molecule has 0 saturated carbocycles. The maximum atomic E-state index is 5.68. The van der Waals surface area contributed by atoms with E-state index in [1.807, 2.05) is 45.3 Å². The first-order chi connectivity index (χ1) is 19.3. The fraction of sp³-hybridized carbons (Fsp3) is 0.375. The highest BCUT2D eigenvalue weighted by molar-refractivity contribution is 7.39. The molecule has 0 spiro atoms. The van der Waals surface area contributed by atoms with E-state index in [9.17, 15) is 0 Å². The van der Waals surface area contributed by atoms with E-state index in [1.54, 1.807) is 18.0 Å². The molecule has 5 aromatic heterocycles. The topological polar surface area (TPSA) is 25.8 Å². The zero-order valence-electron chi connectivity index (χ0n) is 26.8. The van der Waals surface area contributed by atoms with Crippen molar-refractivity contribution in [3.05, 3.63) is 24.3 Å². The van der Waals surface area contributed by atoms with Gasteiger partial charge in [0.05, 0.1) is 73.2 Å². The van der Waals surface area contributed by atoms with Crippen LogP contribution in [-0.2, 0) is 0 Å². The average molecular weight is 693 g/mol. The third-order valence-electron chi connectivity index (χ3n) is 8.21. The maximum Gasteiger partial charge on any atom is 0.0988 e. The predicted octanol–water partition coefficient (Wildman–Crippen LogP) is 9.82. The molecule has 5 heterocycles. The monoisotopic (exact) mass is 692 g/mol. The van der Waals surface area contributed by atoms with Gasteiger partial charge >= 0.3 is 0 Å². The highest BCUT2D eigenvalue weighted by Crippen LogP contribution is 2.44. The number of benzene rings is 2. The van der Waals surface area contributed by atoms with E-state index in [4.69, 9.17) is 9.97 Å². The minimum atomic E-state index is -1.49. The molecule has 0 unspecified atom stereocenters. The summed E-state index contributed by atoms with van der Waals surface area (Å²) >= 11 is 8.13. The number of aromatic nitrogens is 2. The summed E-state index contributed by atoms with van der Waals surface area (Å²) in [4.78, 5) is 11.4. The van der Waals surface area contributed by atoms with Crippen molar-refractivity contribution in [1.29, 1.82) is 0 Å². The van der Waals surface area contributed by atoms with Crippen molar-refractivity contribution < 1.29 is 0 Å². The van der Waals surface area contributed by atoms with Crippen molar-refractivity contribution in [1.82, 2.24) is 9.97 Å². The molecule has 0 aliphatic carbocycles. The van der Waals surface area contributed by atoms with Crippen LogP contribution in [-0.4, -0.2) is 42.3 Å². The summed E-state index contributed by atoms with van der Waals surface area (Å²) in [5, 5.41) is 5.28. The first-order valence-corrected chi connectivity index (χ1v) is 32.1. The van der Waals surface area contributed by atoms with Gasteiger partial charge in [-0.05, 0) is 42.3 Å². The van der Waals surface area contributed by atoms with Crippen molar-refractivity contribution in [2.45, 2.75) is 78.6 Å². The summed E-state index contributed by atoms with van der Waals surface area (Å²) in [6.07, 6.45) is 0. The Labute approximate surface area is 268 Å². The van der Waals surface area contributed by atoms with Crippen LogP contribution in [0, 0.1) is 0 Å². The van der Waals surface area contributed by atoms with E-state index in [-0.39, 0.29) is 0 Å². The van der Waals surface area contributed by atoms with E-state index in [1.165, 1.54) is 40.3 Å². The minimum Gasteiger partial charge on any atom is -0.243 e. The number of nitrogens with zero attached hydrogens (tertiary/aromatic N) is 2. The summed E-state index contributed by atoms with van der Waals surface area (Å²) in [6.45, 7) is 29.6. The van der Waals surface area contributed by atoms with Gasteiger partial charge in [0.15, 0.2) is 0 Å². The molecule has 0 aliphatic heterocycles. The minimum absolute atomic E-state index is 1.10. The predicted molar refractivity (Wildman–Crippen MR) is 210 cm³/mol. The average Bonchev–Trinajstić information content (AvgIpc) is 3.63. The lowest BCUT2D eigenvalue weighted by atomic mass is 10.1. The molecule has 0 atom stereocenters. The third-order valence-corrected chi connectivity index (χ3v) is 27.4. The Balaban J connectivity index is 1.73. The second kappa shape index (κ2) is 9.15. The van der Waals surface area contributed by atoms with Crippen LogP contribution in [0.2, 0.25) is 78.6 Å². The summed E-state index contributed by atoms with van der Waals surface area (Å²) in [5.41, 5.74) is 4.42. The molecular formula is C32H40N2S4Si4. The van der Waals surface area contributed by atoms with Gasteiger partial charge in [-0.3, -0.25) is 0 Å². The summed E-state index contributed by atoms with van der Waals surface area (Å²) < 4.78 is 12.0. The normalized spacial score (nSPS) is 14.2. The molecule has 2 aromatic carbocycles. The first-order valence-electron chi connectivity index (χ1n) is 14.8. The Morgan fingerprint density at radius 2 is 0.548 bits per heavy atom. The van der Waals surface area contributed by atoms with Gasteiger partial charge < -0.3 is 0 Å². The maximum absolute atomic E-state index is 5.68. The van der Waals surface area contributed by atoms with Crippen LogP contribution >= 0.6 is 45.3 Å². The van der Waals surface area contributed by atoms with Crippen molar-refractivity contribution in [3.8, 4) is 0 Å². The Kier molecular flexibility index (Phi) is 6.42. The lowest BCUT2D eigenvalue weighted by Crippen LogP contribution is -2.34. The zero-order valence-corrected chi connectivity index (χ0v) is 34.1. The van der Waals surface area contributed by atoms with Crippen molar-refractivity contribution in [2.24, 2.45) is 0 Å². The van der Waals surface area contributed by atoms with Crippen molar-refractivity contribution >= 4 is 158 Å². The molecular weight excluding hydrogens is 653 g/mol. The number of rotatable bonds is 4. The Morgan fingerprint density at radius 1 is 0.357 bits per heavy atom. The van der Waals surface area contributed by atoms with Crippen LogP contribution in [0.5, 0.6) is 0 Å². The molecule has 218 valence electrons. The van der Waals surface area contributed by atoms with Crippen LogP contribution in [0.3, 0.4) is 0 Å². The molecule has 0 saturated heterocycles. The number of hydrogen-bond donors (Lipinski definition) is 0. The molecule has 7 rings (SSSR count). The van der Waals surface area contributed by atoms with Crippen molar-refractivity contribution in [3.63, 3.8) is 0 Å². The fourth-order valence-corrected chi connectivity index (χ4v) is 18.0. The van der Waals surface area contributed by atoms with E-state index in [0.29, 0.717) is 0 Å². The first kappa shape index (κ1) is 29.5. The Morgan fingerprint density at radius 3 is 0.714 bits per heavy atom. The molecule has 0 N–H and O–H groups in total. The van der Waals surface area contributed by atoms with Crippen LogP contribution in [0.1, 0.15) is 0 Å². The van der Waals surface area contributed by atoms with Crippen LogP contribution in [0.4, 0.5) is 0 Å². The molecule has 7 aromatic rings. The lowest BCUT2D eigenvalue weighted by molar-refractivity contribution is 1.45. The summed E-state index contributed by atoms with van der Waals surface area (Å²) in [5.74, 6) is 0. The van der Waals surface area contributed by atoms with Gasteiger partial charge in [0.1, 0.15) is 0 Å². The molecule has 0 fully saturated rings. The van der Waals surface area contributed by atoms with Gasteiger partial charge in [0, 0.05) is 21.5 Å².